The number of hydrogen-bond acceptors (Lipinski definition) is 4. The molecule has 160 valence electrons. The molecule has 2 heterocycles. The summed E-state index contributed by atoms with van der Waals surface area (Å²) >= 11 is 0. The summed E-state index contributed by atoms with van der Waals surface area (Å²) in [4.78, 5) is 40.6. The highest BCUT2D eigenvalue weighted by Gasteiger charge is 2.54. The van der Waals surface area contributed by atoms with Crippen molar-refractivity contribution < 1.29 is 14.4 Å². The number of fused-ring (bicyclic) bond motifs is 3. The third kappa shape index (κ3) is 2.99. The Bertz CT molecular complexity index is 1300. The first-order chi connectivity index (χ1) is 15.5. The fraction of sp³-hybridized carbons (Fsp3) is 0.280. The fourth-order valence-electron chi connectivity index (χ4n) is 5.01. The van der Waals surface area contributed by atoms with Crippen LogP contribution in [0.15, 0.2) is 54.7 Å². The molecule has 2 aliphatic rings. The van der Waals surface area contributed by atoms with Crippen LogP contribution in [-0.4, -0.2) is 33.7 Å². The highest BCUT2D eigenvalue weighted by molar-refractivity contribution is 6.14. The van der Waals surface area contributed by atoms with Crippen LogP contribution in [0.25, 0.3) is 10.9 Å². The number of aromatic nitrogens is 1. The third-order valence-corrected chi connectivity index (χ3v) is 6.51. The quantitative estimate of drug-likeness (QED) is 0.499. The van der Waals surface area contributed by atoms with Crippen molar-refractivity contribution in [3.05, 3.63) is 71.4 Å². The number of nitriles is 1. The number of nitrogens with zero attached hydrogens (tertiary/aromatic N) is 3. The summed E-state index contributed by atoms with van der Waals surface area (Å²) < 4.78 is 1.87. The van der Waals surface area contributed by atoms with Crippen LogP contribution >= 0.6 is 0 Å². The summed E-state index contributed by atoms with van der Waals surface area (Å²) in [6, 6.07) is 16.7. The minimum absolute atomic E-state index is 0.304. The Hall–Kier alpha value is -3.92. The highest BCUT2D eigenvalue weighted by Crippen LogP contribution is 2.40. The zero-order valence-electron chi connectivity index (χ0n) is 17.5. The molecular weight excluding hydrogens is 404 g/mol. The van der Waals surface area contributed by atoms with Crippen LogP contribution in [0, 0.1) is 11.3 Å². The Balaban J connectivity index is 1.46. The standard InChI is InChI=1S/C25H22N4O3/c26-13-6-14-28-15-19(18-9-2-4-11-21(18)28)22(30)16-29-23(31)25(27-24(29)32)12-5-8-17-7-1-3-10-20(17)25/h1-4,7,9-11,15H,5-6,8,12,14,16H2,(H,27,32). The molecule has 5 rings (SSSR count). The van der Waals surface area contributed by atoms with Gasteiger partial charge in [-0.05, 0) is 36.5 Å². The van der Waals surface area contributed by atoms with Crippen molar-refractivity contribution in [3.8, 4) is 6.07 Å². The van der Waals surface area contributed by atoms with E-state index in [-0.39, 0.29) is 18.2 Å². The van der Waals surface area contributed by atoms with Gasteiger partial charge in [-0.1, -0.05) is 42.5 Å². The van der Waals surface area contributed by atoms with E-state index >= 15 is 0 Å². The number of hydrogen-bond donors (Lipinski definition) is 1. The van der Waals surface area contributed by atoms with E-state index < -0.39 is 11.6 Å². The van der Waals surface area contributed by atoms with Gasteiger partial charge in [-0.2, -0.15) is 5.26 Å². The Morgan fingerprint density at radius 2 is 1.91 bits per heavy atom. The largest absolute Gasteiger partial charge is 0.346 e. The Morgan fingerprint density at radius 3 is 2.75 bits per heavy atom. The third-order valence-electron chi connectivity index (χ3n) is 6.51. The number of amides is 3. The van der Waals surface area contributed by atoms with Gasteiger partial charge >= 0.3 is 6.03 Å². The number of nitrogens with one attached hydrogen (secondary N) is 1. The molecule has 1 aliphatic heterocycles. The number of carbonyl (C=O) groups excluding carboxylic acids is 3. The smallest absolute Gasteiger partial charge is 0.325 e. The van der Waals surface area contributed by atoms with Crippen molar-refractivity contribution in [1.82, 2.24) is 14.8 Å². The van der Waals surface area contributed by atoms with Crippen molar-refractivity contribution in [1.29, 1.82) is 5.26 Å². The van der Waals surface area contributed by atoms with E-state index in [0.717, 1.165) is 39.8 Å². The molecule has 1 aliphatic carbocycles. The molecule has 2 aromatic carbocycles. The number of rotatable bonds is 5. The van der Waals surface area contributed by atoms with Crippen LogP contribution in [0.1, 0.15) is 40.7 Å². The summed E-state index contributed by atoms with van der Waals surface area (Å²) in [5.41, 5.74) is 2.09. The summed E-state index contributed by atoms with van der Waals surface area (Å²) in [5, 5.41) is 12.6. The number of para-hydroxylation sites is 1. The highest BCUT2D eigenvalue weighted by atomic mass is 16.2. The van der Waals surface area contributed by atoms with Crippen LogP contribution in [0.3, 0.4) is 0 Å². The van der Waals surface area contributed by atoms with E-state index in [0.29, 0.717) is 24.9 Å². The lowest BCUT2D eigenvalue weighted by atomic mass is 9.76. The Labute approximate surface area is 185 Å². The van der Waals surface area contributed by atoms with E-state index in [9.17, 15) is 14.4 Å². The predicted molar refractivity (Wildman–Crippen MR) is 118 cm³/mol. The molecule has 0 saturated carbocycles. The molecule has 1 spiro atoms. The minimum atomic E-state index is -1.09. The number of aryl methyl sites for hydroxylation is 2. The normalized spacial score (nSPS) is 19.8. The second kappa shape index (κ2) is 7.65. The maximum Gasteiger partial charge on any atom is 0.325 e. The molecule has 1 saturated heterocycles. The Morgan fingerprint density at radius 1 is 1.12 bits per heavy atom. The maximum absolute atomic E-state index is 13.5. The van der Waals surface area contributed by atoms with Gasteiger partial charge in [0, 0.05) is 29.2 Å². The second-order valence-electron chi connectivity index (χ2n) is 8.32. The fourth-order valence-corrected chi connectivity index (χ4v) is 5.01. The number of Topliss-reactive ketones (excluding diaryl/α,β-unsaturated/α-hetero) is 1. The van der Waals surface area contributed by atoms with Crippen LogP contribution in [-0.2, 0) is 23.3 Å². The van der Waals surface area contributed by atoms with Gasteiger partial charge in [0.2, 0.25) is 0 Å². The number of carbonyl (C=O) groups is 3. The van der Waals surface area contributed by atoms with Gasteiger partial charge in [-0.25, -0.2) is 4.79 Å². The van der Waals surface area contributed by atoms with Crippen molar-refractivity contribution in [2.45, 2.75) is 37.8 Å². The molecule has 7 heteroatoms. The molecule has 1 unspecified atom stereocenters. The molecule has 32 heavy (non-hydrogen) atoms. The molecule has 1 atom stereocenters. The predicted octanol–water partition coefficient (Wildman–Crippen LogP) is 3.52. The molecular formula is C25H22N4O3. The molecule has 3 aromatic rings. The van der Waals surface area contributed by atoms with Gasteiger partial charge in [0.05, 0.1) is 19.0 Å². The average molecular weight is 426 g/mol. The van der Waals surface area contributed by atoms with E-state index in [1.807, 2.05) is 53.1 Å². The lowest BCUT2D eigenvalue weighted by Crippen LogP contribution is -2.46. The second-order valence-corrected chi connectivity index (χ2v) is 8.32. The number of urea groups is 1. The van der Waals surface area contributed by atoms with Crippen LogP contribution in [0.2, 0.25) is 0 Å². The van der Waals surface area contributed by atoms with Crippen LogP contribution in [0.5, 0.6) is 0 Å². The van der Waals surface area contributed by atoms with E-state index in [2.05, 4.69) is 11.4 Å². The number of imide groups is 1. The SMILES string of the molecule is N#CCCn1cc(C(=O)CN2C(=O)NC3(CCCc4ccccc43)C2=O)c2ccccc21. The summed E-state index contributed by atoms with van der Waals surface area (Å²) in [7, 11) is 0. The molecule has 7 nitrogen and oxygen atoms in total. The van der Waals surface area contributed by atoms with Gasteiger partial charge in [0.1, 0.15) is 5.54 Å². The lowest BCUT2D eigenvalue weighted by molar-refractivity contribution is -0.131. The number of ketones is 1. The average Bonchev–Trinajstić information content (AvgIpc) is 3.29. The monoisotopic (exact) mass is 426 g/mol. The van der Waals surface area contributed by atoms with E-state index in [1.54, 1.807) is 6.20 Å². The summed E-state index contributed by atoms with van der Waals surface area (Å²) in [6.07, 6.45) is 4.21. The topological polar surface area (TPSA) is 95.2 Å². The maximum atomic E-state index is 13.5. The lowest BCUT2D eigenvalue weighted by Gasteiger charge is -2.33. The zero-order valence-corrected chi connectivity index (χ0v) is 17.5. The molecule has 3 amide bonds. The van der Waals surface area contributed by atoms with Gasteiger partial charge in [0.15, 0.2) is 5.78 Å². The summed E-state index contributed by atoms with van der Waals surface area (Å²) in [5.74, 6) is -0.669. The number of benzene rings is 2. The van der Waals surface area contributed by atoms with E-state index in [4.69, 9.17) is 5.26 Å². The zero-order chi connectivity index (χ0) is 22.3. The van der Waals surface area contributed by atoms with Crippen molar-refractivity contribution in [3.63, 3.8) is 0 Å². The first-order valence-corrected chi connectivity index (χ1v) is 10.8. The molecule has 1 N–H and O–H groups in total. The summed E-state index contributed by atoms with van der Waals surface area (Å²) in [6.45, 7) is 0.147. The van der Waals surface area contributed by atoms with Crippen molar-refractivity contribution >= 4 is 28.6 Å². The Kier molecular flexibility index (Phi) is 4.78. The first kappa shape index (κ1) is 20.0. The first-order valence-electron chi connectivity index (χ1n) is 10.8. The minimum Gasteiger partial charge on any atom is -0.346 e. The van der Waals surface area contributed by atoms with Gasteiger partial charge in [-0.3, -0.25) is 14.5 Å². The molecule has 0 radical (unpaired) electrons. The van der Waals surface area contributed by atoms with Gasteiger partial charge < -0.3 is 9.88 Å². The molecule has 1 aromatic heterocycles. The van der Waals surface area contributed by atoms with Gasteiger partial charge in [-0.15, -0.1) is 0 Å². The molecule has 1 fully saturated rings. The molecule has 0 bridgehead atoms. The van der Waals surface area contributed by atoms with Crippen molar-refractivity contribution in [2.24, 2.45) is 0 Å². The van der Waals surface area contributed by atoms with Crippen LogP contribution in [0.4, 0.5) is 4.79 Å². The van der Waals surface area contributed by atoms with Crippen molar-refractivity contribution in [2.75, 3.05) is 6.54 Å². The van der Waals surface area contributed by atoms with E-state index in [1.165, 1.54) is 0 Å². The van der Waals surface area contributed by atoms with Crippen LogP contribution < -0.4 is 5.32 Å². The van der Waals surface area contributed by atoms with Gasteiger partial charge in [0.25, 0.3) is 5.91 Å².